The molecule has 2 amide bonds. The first-order valence-corrected chi connectivity index (χ1v) is 12.6. The van der Waals surface area contributed by atoms with Crippen LogP contribution in [0.2, 0.25) is 0 Å². The first-order valence-electron chi connectivity index (χ1n) is 12.6. The van der Waals surface area contributed by atoms with E-state index in [-0.39, 0.29) is 24.0 Å². The predicted octanol–water partition coefficient (Wildman–Crippen LogP) is 3.71. The van der Waals surface area contributed by atoms with Gasteiger partial charge in [0.2, 0.25) is 11.8 Å². The minimum Gasteiger partial charge on any atom is -0.484 e. The maximum atomic E-state index is 13.5. The predicted molar refractivity (Wildman–Crippen MR) is 137 cm³/mol. The van der Waals surface area contributed by atoms with Crippen molar-refractivity contribution in [1.29, 1.82) is 0 Å². The Kier molecular flexibility index (Phi) is 7.57. The lowest BCUT2D eigenvalue weighted by Gasteiger charge is -2.28. The number of hydrogen-bond donors (Lipinski definition) is 1. The molecule has 0 unspecified atom stereocenters. The fourth-order valence-corrected chi connectivity index (χ4v) is 4.95. The molecule has 3 heterocycles. The highest BCUT2D eigenvalue weighted by molar-refractivity contribution is 5.79. The first-order chi connectivity index (χ1) is 17.6. The number of nitrogens with one attached hydrogen (secondary N) is 1. The summed E-state index contributed by atoms with van der Waals surface area (Å²) < 4.78 is 6.42. The summed E-state index contributed by atoms with van der Waals surface area (Å²) in [5.41, 5.74) is 3.29. The third-order valence-electron chi connectivity index (χ3n) is 6.87. The zero-order valence-electron chi connectivity index (χ0n) is 20.4. The lowest BCUT2D eigenvalue weighted by Crippen LogP contribution is -2.42. The number of pyridine rings is 1. The zero-order chi connectivity index (χ0) is 24.7. The van der Waals surface area contributed by atoms with Crippen LogP contribution >= 0.6 is 0 Å². The molecular weight excluding hydrogens is 452 g/mol. The summed E-state index contributed by atoms with van der Waals surface area (Å²) in [6.07, 6.45) is 5.07. The number of amides is 2. The van der Waals surface area contributed by atoms with Crippen molar-refractivity contribution in [2.45, 2.75) is 44.5 Å². The molecule has 7 nitrogen and oxygen atoms in total. The van der Waals surface area contributed by atoms with Crippen LogP contribution in [0.15, 0.2) is 79.1 Å². The molecule has 3 aromatic rings. The average molecular weight is 485 g/mol. The SMILES string of the molecule is O=C1CC[C@@H](CN(Cc2ccncc2)C(=O)CCN2Cc3ccccc3O[C@@H](c3ccccc3)C2)N1. The van der Waals surface area contributed by atoms with E-state index in [1.54, 1.807) is 12.4 Å². The van der Waals surface area contributed by atoms with Crippen molar-refractivity contribution >= 4 is 11.8 Å². The van der Waals surface area contributed by atoms with Gasteiger partial charge in [-0.15, -0.1) is 0 Å². The van der Waals surface area contributed by atoms with Gasteiger partial charge < -0.3 is 15.0 Å². The van der Waals surface area contributed by atoms with Gasteiger partial charge in [0.25, 0.3) is 0 Å². The van der Waals surface area contributed by atoms with E-state index < -0.39 is 0 Å². The molecule has 0 saturated carbocycles. The molecule has 2 aliphatic rings. The van der Waals surface area contributed by atoms with Gasteiger partial charge in [0.1, 0.15) is 11.9 Å². The number of ether oxygens (including phenoxy) is 1. The zero-order valence-corrected chi connectivity index (χ0v) is 20.4. The van der Waals surface area contributed by atoms with E-state index >= 15 is 0 Å². The lowest BCUT2D eigenvalue weighted by molar-refractivity contribution is -0.133. The highest BCUT2D eigenvalue weighted by Crippen LogP contribution is 2.31. The van der Waals surface area contributed by atoms with Crippen LogP contribution in [0.5, 0.6) is 5.75 Å². The van der Waals surface area contributed by atoms with Gasteiger partial charge in [-0.25, -0.2) is 0 Å². The van der Waals surface area contributed by atoms with Crippen molar-refractivity contribution in [3.05, 3.63) is 95.8 Å². The molecule has 0 radical (unpaired) electrons. The van der Waals surface area contributed by atoms with Crippen LogP contribution < -0.4 is 10.1 Å². The van der Waals surface area contributed by atoms with Crippen molar-refractivity contribution in [3.63, 3.8) is 0 Å². The van der Waals surface area contributed by atoms with Crippen LogP contribution in [-0.2, 0) is 22.7 Å². The summed E-state index contributed by atoms with van der Waals surface area (Å²) in [5.74, 6) is 1.05. The van der Waals surface area contributed by atoms with E-state index in [0.29, 0.717) is 39.0 Å². The summed E-state index contributed by atoms with van der Waals surface area (Å²) in [5, 5.41) is 3.00. The van der Waals surface area contributed by atoms with Crippen molar-refractivity contribution in [3.8, 4) is 5.75 Å². The number of hydrogen-bond acceptors (Lipinski definition) is 5. The molecule has 2 aliphatic heterocycles. The second-order valence-corrected chi connectivity index (χ2v) is 9.54. The van der Waals surface area contributed by atoms with E-state index in [4.69, 9.17) is 4.74 Å². The van der Waals surface area contributed by atoms with Crippen LogP contribution in [0.3, 0.4) is 0 Å². The van der Waals surface area contributed by atoms with E-state index in [2.05, 4.69) is 33.4 Å². The largest absolute Gasteiger partial charge is 0.484 e. The Morgan fingerprint density at radius 2 is 1.83 bits per heavy atom. The minimum absolute atomic E-state index is 0.00390. The maximum Gasteiger partial charge on any atom is 0.224 e. The van der Waals surface area contributed by atoms with Crippen LogP contribution in [0.1, 0.15) is 42.1 Å². The Balaban J connectivity index is 1.29. The second-order valence-electron chi connectivity index (χ2n) is 9.54. The van der Waals surface area contributed by atoms with Gasteiger partial charge in [0.05, 0.1) is 0 Å². The van der Waals surface area contributed by atoms with Gasteiger partial charge in [-0.3, -0.25) is 19.5 Å². The Hall–Kier alpha value is -3.71. The fourth-order valence-electron chi connectivity index (χ4n) is 4.95. The Bertz CT molecular complexity index is 1170. The van der Waals surface area contributed by atoms with Crippen LogP contribution in [-0.4, -0.2) is 52.3 Å². The van der Waals surface area contributed by atoms with E-state index in [1.807, 2.05) is 53.4 Å². The number of benzene rings is 2. The van der Waals surface area contributed by atoms with Crippen molar-refractivity contribution in [2.75, 3.05) is 19.6 Å². The summed E-state index contributed by atoms with van der Waals surface area (Å²) in [6.45, 7) is 3.09. The normalized spacial score (nSPS) is 19.6. The van der Waals surface area contributed by atoms with Crippen molar-refractivity contribution in [1.82, 2.24) is 20.1 Å². The highest BCUT2D eigenvalue weighted by Gasteiger charge is 2.27. The molecule has 0 spiro atoms. The molecule has 0 aliphatic carbocycles. The topological polar surface area (TPSA) is 74.8 Å². The Morgan fingerprint density at radius 1 is 1.06 bits per heavy atom. The molecule has 1 fully saturated rings. The van der Waals surface area contributed by atoms with E-state index in [1.165, 1.54) is 0 Å². The van der Waals surface area contributed by atoms with E-state index in [9.17, 15) is 9.59 Å². The smallest absolute Gasteiger partial charge is 0.224 e. The molecule has 5 rings (SSSR count). The summed E-state index contributed by atoms with van der Waals surface area (Å²) in [4.78, 5) is 33.5. The molecule has 2 aromatic carbocycles. The molecule has 7 heteroatoms. The number of para-hydroxylation sites is 1. The van der Waals surface area contributed by atoms with Gasteiger partial charge in [-0.1, -0.05) is 48.5 Å². The van der Waals surface area contributed by atoms with Gasteiger partial charge in [0, 0.05) is 69.6 Å². The van der Waals surface area contributed by atoms with Crippen molar-refractivity contribution in [2.24, 2.45) is 0 Å². The van der Waals surface area contributed by atoms with Crippen LogP contribution in [0.25, 0.3) is 0 Å². The monoisotopic (exact) mass is 484 g/mol. The molecule has 36 heavy (non-hydrogen) atoms. The van der Waals surface area contributed by atoms with Crippen LogP contribution in [0.4, 0.5) is 0 Å². The number of fused-ring (bicyclic) bond motifs is 1. The fraction of sp³-hybridized carbons (Fsp3) is 0.345. The number of carbonyl (C=O) groups is 2. The van der Waals surface area contributed by atoms with Gasteiger partial charge in [-0.2, -0.15) is 0 Å². The molecule has 2 atom stereocenters. The third kappa shape index (κ3) is 6.10. The van der Waals surface area contributed by atoms with Gasteiger partial charge >= 0.3 is 0 Å². The van der Waals surface area contributed by atoms with Crippen molar-refractivity contribution < 1.29 is 14.3 Å². The molecule has 0 bridgehead atoms. The maximum absolute atomic E-state index is 13.5. The third-order valence-corrected chi connectivity index (χ3v) is 6.87. The average Bonchev–Trinajstić information content (AvgIpc) is 3.22. The number of rotatable bonds is 8. The first kappa shape index (κ1) is 24.0. The highest BCUT2D eigenvalue weighted by atomic mass is 16.5. The number of carbonyl (C=O) groups excluding carboxylic acids is 2. The summed E-state index contributed by atoms with van der Waals surface area (Å²) >= 11 is 0. The molecule has 1 saturated heterocycles. The van der Waals surface area contributed by atoms with Crippen LogP contribution in [0, 0.1) is 0 Å². The molecule has 186 valence electrons. The standard InChI is InChI=1S/C29H32N4O3/c34-28-11-10-25(31-28)20-33(18-22-12-15-30-16-13-22)29(35)14-17-32-19-24-8-4-5-9-26(24)36-27(21-32)23-6-2-1-3-7-23/h1-9,12-13,15-16,25,27H,10-11,14,17-21H2,(H,31,34)/t25-,27+/m0/s1. The summed E-state index contributed by atoms with van der Waals surface area (Å²) in [7, 11) is 0. The Morgan fingerprint density at radius 3 is 2.61 bits per heavy atom. The number of nitrogens with zero attached hydrogens (tertiary/aromatic N) is 3. The lowest BCUT2D eigenvalue weighted by atomic mass is 10.1. The second kappa shape index (κ2) is 11.4. The minimum atomic E-state index is -0.105. The molecular formula is C29H32N4O3. The molecule has 1 aromatic heterocycles. The van der Waals surface area contributed by atoms with Gasteiger partial charge in [0.15, 0.2) is 0 Å². The molecule has 1 N–H and O–H groups in total. The van der Waals surface area contributed by atoms with Gasteiger partial charge in [-0.05, 0) is 35.7 Å². The Labute approximate surface area is 212 Å². The van der Waals surface area contributed by atoms with E-state index in [0.717, 1.165) is 35.4 Å². The quantitative estimate of drug-likeness (QED) is 0.528. The summed E-state index contributed by atoms with van der Waals surface area (Å²) in [6, 6.07) is 22.3. The number of aromatic nitrogens is 1.